The first-order chi connectivity index (χ1) is 6.27. The number of hydrogen-bond acceptors (Lipinski definition) is 3. The minimum atomic E-state index is -0.981. The summed E-state index contributed by atoms with van der Waals surface area (Å²) in [5.41, 5.74) is 0. The number of carboxylic acids is 2. The molecule has 0 amide bonds. The lowest BCUT2D eigenvalue weighted by Crippen LogP contribution is -1.82. The topological polar surface area (TPSA) is 91.7 Å². The van der Waals surface area contributed by atoms with Gasteiger partial charge in [0, 0.05) is 12.2 Å². The van der Waals surface area contributed by atoms with Crippen LogP contribution >= 0.6 is 0 Å². The molecule has 0 saturated carbocycles. The van der Waals surface area contributed by atoms with E-state index < -0.39 is 11.9 Å². The second-order valence-corrected chi connectivity index (χ2v) is 1.99. The van der Waals surface area contributed by atoms with Crippen LogP contribution < -0.4 is 0 Å². The zero-order valence-corrected chi connectivity index (χ0v) is 8.19. The van der Waals surface area contributed by atoms with Crippen molar-refractivity contribution in [1.82, 2.24) is 0 Å². The van der Waals surface area contributed by atoms with Gasteiger partial charge in [-0.1, -0.05) is 13.2 Å². The number of carboxylic acid groups (broad SMARTS) is 2. The van der Waals surface area contributed by atoms with Gasteiger partial charge in [0.05, 0.1) is 0 Å². The third-order valence-corrected chi connectivity index (χ3v) is 0.349. The summed E-state index contributed by atoms with van der Waals surface area (Å²) >= 11 is 0. The van der Waals surface area contributed by atoms with Crippen LogP contribution in [0.3, 0.4) is 0 Å². The summed E-state index contributed by atoms with van der Waals surface area (Å²) in [6.07, 6.45) is 1.67. The number of carbonyl (C=O) groups excluding carboxylic acids is 1. The Hall–Kier alpha value is -1.91. The molecular weight excluding hydrogens is 188 g/mol. The van der Waals surface area contributed by atoms with Gasteiger partial charge >= 0.3 is 11.9 Å². The fraction of sp³-hybridized carbons (Fsp3) is 0.222. The van der Waals surface area contributed by atoms with Crippen molar-refractivity contribution in [2.75, 3.05) is 0 Å². The molecule has 0 aliphatic rings. The molecule has 0 saturated heterocycles. The molecule has 2 N–H and O–H groups in total. The Bertz CT molecular complexity index is 195. The van der Waals surface area contributed by atoms with Crippen LogP contribution in [0, 0.1) is 0 Å². The molecule has 5 nitrogen and oxygen atoms in total. The van der Waals surface area contributed by atoms with Gasteiger partial charge in [0.15, 0.2) is 0 Å². The highest BCUT2D eigenvalue weighted by Crippen LogP contribution is 1.55. The van der Waals surface area contributed by atoms with Gasteiger partial charge in [-0.05, 0) is 13.8 Å². The fourth-order valence-electron chi connectivity index (χ4n) is 0. The Morgan fingerprint density at radius 3 is 1.00 bits per heavy atom. The van der Waals surface area contributed by atoms with Crippen LogP contribution in [0.2, 0.25) is 0 Å². The van der Waals surface area contributed by atoms with Crippen LogP contribution in [0.1, 0.15) is 13.8 Å². The zero-order valence-electron chi connectivity index (χ0n) is 8.19. The number of Topliss-reactive ketones (excluding diaryl/α,β-unsaturated/α-hetero) is 1. The van der Waals surface area contributed by atoms with E-state index in [1.807, 2.05) is 0 Å². The fourth-order valence-corrected chi connectivity index (χ4v) is 0. The summed E-state index contributed by atoms with van der Waals surface area (Å²) in [6, 6.07) is 0. The molecule has 0 aromatic rings. The molecule has 0 aromatic carbocycles. The van der Waals surface area contributed by atoms with E-state index >= 15 is 0 Å². The van der Waals surface area contributed by atoms with Crippen LogP contribution in [-0.4, -0.2) is 27.9 Å². The quantitative estimate of drug-likeness (QED) is 0.654. The van der Waals surface area contributed by atoms with Crippen LogP contribution in [0.15, 0.2) is 25.3 Å². The third kappa shape index (κ3) is 191. The highest BCUT2D eigenvalue weighted by Gasteiger charge is 1.73. The van der Waals surface area contributed by atoms with Crippen molar-refractivity contribution >= 4 is 17.7 Å². The first kappa shape index (κ1) is 18.0. The van der Waals surface area contributed by atoms with Gasteiger partial charge in [0.2, 0.25) is 0 Å². The predicted octanol–water partition coefficient (Wildman–Crippen LogP) is 1.11. The zero-order chi connectivity index (χ0) is 12.1. The molecule has 0 aromatic heterocycles. The maximum Gasteiger partial charge on any atom is 0.327 e. The summed E-state index contributed by atoms with van der Waals surface area (Å²) in [7, 11) is 0. The van der Waals surface area contributed by atoms with Crippen molar-refractivity contribution in [3.05, 3.63) is 25.3 Å². The first-order valence-corrected chi connectivity index (χ1v) is 3.45. The smallest absolute Gasteiger partial charge is 0.327 e. The average Bonchev–Trinajstić information content (AvgIpc) is 2.04. The highest BCUT2D eigenvalue weighted by molar-refractivity contribution is 5.79. The lowest BCUT2D eigenvalue weighted by atomic mass is 10.6. The second kappa shape index (κ2) is 13.7. The van der Waals surface area contributed by atoms with Crippen molar-refractivity contribution < 1.29 is 24.6 Å². The molecule has 0 spiro atoms. The van der Waals surface area contributed by atoms with Gasteiger partial charge in [-0.15, -0.1) is 0 Å². The van der Waals surface area contributed by atoms with Gasteiger partial charge < -0.3 is 15.0 Å². The van der Waals surface area contributed by atoms with Gasteiger partial charge in [0.25, 0.3) is 0 Å². The van der Waals surface area contributed by atoms with Crippen molar-refractivity contribution in [3.63, 3.8) is 0 Å². The summed E-state index contributed by atoms with van der Waals surface area (Å²) in [5, 5.41) is 15.2. The van der Waals surface area contributed by atoms with Crippen LogP contribution in [-0.2, 0) is 14.4 Å². The molecule has 0 fully saturated rings. The van der Waals surface area contributed by atoms with Gasteiger partial charge in [-0.25, -0.2) is 9.59 Å². The van der Waals surface area contributed by atoms with E-state index in [0.29, 0.717) is 0 Å². The van der Waals surface area contributed by atoms with E-state index in [1.54, 1.807) is 0 Å². The average molecular weight is 202 g/mol. The maximum absolute atomic E-state index is 9.44. The largest absolute Gasteiger partial charge is 0.478 e. The van der Waals surface area contributed by atoms with Crippen molar-refractivity contribution in [1.29, 1.82) is 0 Å². The summed E-state index contributed by atoms with van der Waals surface area (Å²) < 4.78 is 0. The maximum atomic E-state index is 9.44. The number of hydrogen-bond donors (Lipinski definition) is 2. The summed E-state index contributed by atoms with van der Waals surface area (Å²) in [6.45, 7) is 8.98. The Balaban J connectivity index is -0.000000131. The minimum Gasteiger partial charge on any atom is -0.478 e. The standard InChI is InChI=1S/2C3H4O2.C3H6O/c2*1-2-3(4)5;1-3(2)4/h2*2H,1H2,(H,4,5);1-2H3. The number of aliphatic carboxylic acids is 2. The molecular formula is C9H14O5. The normalized spacial score (nSPS) is 6.43. The van der Waals surface area contributed by atoms with E-state index in [0.717, 1.165) is 12.2 Å². The summed E-state index contributed by atoms with van der Waals surface area (Å²) in [5.74, 6) is -1.80. The molecule has 0 atom stereocenters. The van der Waals surface area contributed by atoms with E-state index in [2.05, 4.69) is 13.2 Å². The molecule has 0 unspecified atom stereocenters. The molecule has 5 heteroatoms. The molecule has 0 bridgehead atoms. The van der Waals surface area contributed by atoms with Crippen molar-refractivity contribution in [3.8, 4) is 0 Å². The lowest BCUT2D eigenvalue weighted by Gasteiger charge is -1.64. The van der Waals surface area contributed by atoms with Crippen LogP contribution in [0.5, 0.6) is 0 Å². The molecule has 80 valence electrons. The lowest BCUT2D eigenvalue weighted by molar-refractivity contribution is -0.132. The van der Waals surface area contributed by atoms with Gasteiger partial charge in [-0.3, -0.25) is 0 Å². The second-order valence-electron chi connectivity index (χ2n) is 1.99. The number of ketones is 1. The summed E-state index contributed by atoms with van der Waals surface area (Å²) in [4.78, 5) is 27.9. The first-order valence-electron chi connectivity index (χ1n) is 3.45. The van der Waals surface area contributed by atoms with Crippen molar-refractivity contribution in [2.45, 2.75) is 13.8 Å². The Morgan fingerprint density at radius 1 is 0.929 bits per heavy atom. The Kier molecular flexibility index (Phi) is 17.6. The number of rotatable bonds is 2. The third-order valence-electron chi connectivity index (χ3n) is 0.349. The van der Waals surface area contributed by atoms with Crippen molar-refractivity contribution in [2.24, 2.45) is 0 Å². The monoisotopic (exact) mass is 202 g/mol. The van der Waals surface area contributed by atoms with Crippen LogP contribution in [0.25, 0.3) is 0 Å². The molecule has 0 heterocycles. The predicted molar refractivity (Wildman–Crippen MR) is 52.0 cm³/mol. The molecule has 14 heavy (non-hydrogen) atoms. The molecule has 0 rings (SSSR count). The highest BCUT2D eigenvalue weighted by atomic mass is 16.4. The Labute approximate surface area is 82.4 Å². The van der Waals surface area contributed by atoms with Crippen LogP contribution in [0.4, 0.5) is 0 Å². The SMILES string of the molecule is C=CC(=O)O.C=CC(=O)O.CC(C)=O. The van der Waals surface area contributed by atoms with Gasteiger partial charge in [-0.2, -0.15) is 0 Å². The molecule has 0 aliphatic heterocycles. The number of carbonyl (C=O) groups is 3. The van der Waals surface area contributed by atoms with E-state index in [-0.39, 0.29) is 5.78 Å². The van der Waals surface area contributed by atoms with E-state index in [1.165, 1.54) is 13.8 Å². The van der Waals surface area contributed by atoms with Gasteiger partial charge in [0.1, 0.15) is 5.78 Å². The molecule has 0 radical (unpaired) electrons. The van der Waals surface area contributed by atoms with E-state index in [4.69, 9.17) is 10.2 Å². The molecule has 0 aliphatic carbocycles. The minimum absolute atomic E-state index is 0.167. The Morgan fingerprint density at radius 2 is 1.00 bits per heavy atom. The van der Waals surface area contributed by atoms with E-state index in [9.17, 15) is 14.4 Å².